The van der Waals surface area contributed by atoms with Gasteiger partial charge in [-0.25, -0.2) is 4.79 Å². The summed E-state index contributed by atoms with van der Waals surface area (Å²) in [5, 5.41) is 0. The van der Waals surface area contributed by atoms with E-state index in [1.165, 1.54) is 18.4 Å². The van der Waals surface area contributed by atoms with E-state index in [1.807, 2.05) is 0 Å². The molecule has 4 nitrogen and oxygen atoms in total. The standard InChI is InChI=1S/2C5H4O2/c1-4-2-3-5(6)7-4;6-4-5-2-1-3-7-5/h2-3H,1H2;1-4H. The van der Waals surface area contributed by atoms with Gasteiger partial charge in [-0.05, 0) is 18.2 Å². The molecule has 72 valence electrons. The van der Waals surface area contributed by atoms with Crippen LogP contribution in [-0.4, -0.2) is 12.3 Å². The Balaban J connectivity index is 0.000000140. The average molecular weight is 192 g/mol. The number of hydrogen-bond acceptors (Lipinski definition) is 4. The van der Waals surface area contributed by atoms with Crippen molar-refractivity contribution in [1.82, 2.24) is 0 Å². The van der Waals surface area contributed by atoms with Gasteiger partial charge in [0.25, 0.3) is 0 Å². The maximum Gasteiger partial charge on any atom is 0.336 e. The van der Waals surface area contributed by atoms with E-state index in [9.17, 15) is 9.59 Å². The largest absolute Gasteiger partial charge is 0.462 e. The average Bonchev–Trinajstić information content (AvgIpc) is 2.78. The molecule has 14 heavy (non-hydrogen) atoms. The molecule has 0 aliphatic carbocycles. The number of cyclic esters (lactones) is 1. The molecule has 0 fully saturated rings. The predicted octanol–water partition coefficient (Wildman–Crippen LogP) is 1.71. The summed E-state index contributed by atoms with van der Waals surface area (Å²) in [5.74, 6) is 0.468. The van der Waals surface area contributed by atoms with E-state index in [0.29, 0.717) is 17.8 Å². The van der Waals surface area contributed by atoms with E-state index in [2.05, 4.69) is 15.7 Å². The third-order valence-electron chi connectivity index (χ3n) is 1.30. The normalized spacial score (nSPS) is 13.1. The summed E-state index contributed by atoms with van der Waals surface area (Å²) >= 11 is 0. The Kier molecular flexibility index (Phi) is 3.43. The minimum atomic E-state index is -0.329. The third-order valence-corrected chi connectivity index (χ3v) is 1.30. The van der Waals surface area contributed by atoms with Crippen molar-refractivity contribution in [3.63, 3.8) is 0 Å². The molecule has 0 N–H and O–H groups in total. The molecule has 0 saturated heterocycles. The fourth-order valence-electron chi connectivity index (χ4n) is 0.717. The Hall–Kier alpha value is -2.10. The molecule has 0 unspecified atom stereocenters. The summed E-state index contributed by atoms with van der Waals surface area (Å²) in [6.07, 6.45) is 4.99. The van der Waals surface area contributed by atoms with Crippen LogP contribution in [0.5, 0.6) is 0 Å². The molecule has 0 radical (unpaired) electrons. The van der Waals surface area contributed by atoms with Gasteiger partial charge in [0.2, 0.25) is 0 Å². The van der Waals surface area contributed by atoms with Crippen molar-refractivity contribution in [1.29, 1.82) is 0 Å². The highest BCUT2D eigenvalue weighted by Crippen LogP contribution is 2.03. The van der Waals surface area contributed by atoms with Crippen LogP contribution in [0, 0.1) is 0 Å². The molecule has 0 aromatic carbocycles. The van der Waals surface area contributed by atoms with Crippen LogP contribution in [0.2, 0.25) is 0 Å². The zero-order chi connectivity index (χ0) is 10.4. The van der Waals surface area contributed by atoms with Crippen LogP contribution < -0.4 is 0 Å². The van der Waals surface area contributed by atoms with Crippen molar-refractivity contribution in [2.24, 2.45) is 0 Å². The van der Waals surface area contributed by atoms with Crippen molar-refractivity contribution in [3.8, 4) is 0 Å². The molecule has 1 aliphatic rings. The van der Waals surface area contributed by atoms with Gasteiger partial charge < -0.3 is 9.15 Å². The van der Waals surface area contributed by atoms with E-state index in [0.717, 1.165) is 0 Å². The van der Waals surface area contributed by atoms with Gasteiger partial charge in [-0.2, -0.15) is 0 Å². The molecule has 1 aromatic heterocycles. The molecule has 0 saturated carbocycles. The highest BCUT2D eigenvalue weighted by molar-refractivity contribution is 5.86. The number of furan rings is 1. The van der Waals surface area contributed by atoms with E-state index < -0.39 is 0 Å². The summed E-state index contributed by atoms with van der Waals surface area (Å²) in [5.41, 5.74) is 0. The Morgan fingerprint density at radius 3 is 2.36 bits per heavy atom. The molecule has 1 aliphatic heterocycles. The molecule has 0 atom stereocenters. The summed E-state index contributed by atoms with van der Waals surface area (Å²) in [4.78, 5) is 19.9. The van der Waals surface area contributed by atoms with Crippen LogP contribution >= 0.6 is 0 Å². The van der Waals surface area contributed by atoms with Crippen LogP contribution in [0.3, 0.4) is 0 Å². The van der Waals surface area contributed by atoms with Gasteiger partial charge in [0.1, 0.15) is 5.76 Å². The van der Waals surface area contributed by atoms with E-state index in [-0.39, 0.29) is 5.97 Å². The molecule has 4 heteroatoms. The third kappa shape index (κ3) is 3.10. The fourth-order valence-corrected chi connectivity index (χ4v) is 0.717. The first kappa shape index (κ1) is 9.98. The topological polar surface area (TPSA) is 56.5 Å². The minimum Gasteiger partial charge on any atom is -0.462 e. The van der Waals surface area contributed by atoms with Crippen LogP contribution in [0.4, 0.5) is 0 Å². The van der Waals surface area contributed by atoms with Crippen LogP contribution in [0.15, 0.2) is 47.3 Å². The second-order valence-electron chi connectivity index (χ2n) is 2.35. The first-order valence-corrected chi connectivity index (χ1v) is 3.80. The lowest BCUT2D eigenvalue weighted by Crippen LogP contribution is -1.87. The SMILES string of the molecule is C=C1C=CC(=O)O1.O=Cc1ccco1. The summed E-state index contributed by atoms with van der Waals surface area (Å²) in [6.45, 7) is 3.37. The number of aldehydes is 1. The molecule has 0 spiro atoms. The van der Waals surface area contributed by atoms with Crippen molar-refractivity contribution in [2.45, 2.75) is 0 Å². The van der Waals surface area contributed by atoms with E-state index >= 15 is 0 Å². The molecule has 0 bridgehead atoms. The fraction of sp³-hybridized carbons (Fsp3) is 0. The van der Waals surface area contributed by atoms with Crippen LogP contribution in [0.25, 0.3) is 0 Å². The number of allylic oxidation sites excluding steroid dienone is 1. The maximum atomic E-state index is 10.1. The Bertz CT molecular complexity index is 343. The maximum absolute atomic E-state index is 10.1. The van der Waals surface area contributed by atoms with Crippen molar-refractivity contribution in [2.75, 3.05) is 0 Å². The Labute approximate surface area is 80.5 Å². The second kappa shape index (κ2) is 4.81. The van der Waals surface area contributed by atoms with Gasteiger partial charge in [-0.15, -0.1) is 0 Å². The Morgan fingerprint density at radius 2 is 2.14 bits per heavy atom. The van der Waals surface area contributed by atoms with Gasteiger partial charge in [0, 0.05) is 6.08 Å². The van der Waals surface area contributed by atoms with E-state index in [4.69, 9.17) is 0 Å². The number of rotatable bonds is 1. The molecule has 0 amide bonds. The van der Waals surface area contributed by atoms with Crippen molar-refractivity contribution >= 4 is 12.3 Å². The van der Waals surface area contributed by atoms with Crippen LogP contribution in [0.1, 0.15) is 10.6 Å². The predicted molar refractivity (Wildman–Crippen MR) is 48.5 cm³/mol. The van der Waals surface area contributed by atoms with Gasteiger partial charge >= 0.3 is 5.97 Å². The van der Waals surface area contributed by atoms with Crippen molar-refractivity contribution in [3.05, 3.63) is 48.6 Å². The van der Waals surface area contributed by atoms with Crippen molar-refractivity contribution < 1.29 is 18.7 Å². The lowest BCUT2D eigenvalue weighted by atomic mass is 10.5. The highest BCUT2D eigenvalue weighted by Gasteiger charge is 2.04. The zero-order valence-corrected chi connectivity index (χ0v) is 7.30. The lowest BCUT2D eigenvalue weighted by molar-refractivity contribution is -0.132. The van der Waals surface area contributed by atoms with E-state index in [1.54, 1.807) is 12.1 Å². The minimum absolute atomic E-state index is 0.329. The molecular weight excluding hydrogens is 184 g/mol. The van der Waals surface area contributed by atoms with Gasteiger partial charge in [0.05, 0.1) is 6.26 Å². The first-order valence-electron chi connectivity index (χ1n) is 3.80. The van der Waals surface area contributed by atoms with Gasteiger partial charge in [0.15, 0.2) is 12.0 Å². The number of ether oxygens (including phenoxy) is 1. The van der Waals surface area contributed by atoms with Gasteiger partial charge in [-0.3, -0.25) is 4.79 Å². The molecule has 1 aromatic rings. The number of carbonyl (C=O) groups is 2. The molecular formula is C10H8O4. The smallest absolute Gasteiger partial charge is 0.336 e. The molecule has 2 rings (SSSR count). The summed E-state index contributed by atoms with van der Waals surface area (Å²) in [7, 11) is 0. The monoisotopic (exact) mass is 192 g/mol. The number of hydrogen-bond donors (Lipinski definition) is 0. The van der Waals surface area contributed by atoms with Crippen LogP contribution in [-0.2, 0) is 9.53 Å². The summed E-state index contributed by atoms with van der Waals surface area (Å²) in [6, 6.07) is 3.27. The van der Waals surface area contributed by atoms with Gasteiger partial charge in [-0.1, -0.05) is 6.58 Å². The highest BCUT2D eigenvalue weighted by atomic mass is 16.5. The quantitative estimate of drug-likeness (QED) is 0.502. The first-order chi connectivity index (χ1) is 6.72. The zero-order valence-electron chi connectivity index (χ0n) is 7.30. The number of carbonyl (C=O) groups excluding carboxylic acids is 2. The number of esters is 1. The molecule has 2 heterocycles. The Morgan fingerprint density at radius 1 is 1.36 bits per heavy atom. The summed E-state index contributed by atoms with van der Waals surface area (Å²) < 4.78 is 9.03. The second-order valence-corrected chi connectivity index (χ2v) is 2.35. The lowest BCUT2D eigenvalue weighted by Gasteiger charge is -1.86.